The van der Waals surface area contributed by atoms with Gasteiger partial charge in [-0.1, -0.05) is 149 Å². The molecule has 0 fully saturated rings. The van der Waals surface area contributed by atoms with E-state index in [1.807, 2.05) is 0 Å². The van der Waals surface area contributed by atoms with Gasteiger partial charge in [0.1, 0.15) is 0 Å². The van der Waals surface area contributed by atoms with Gasteiger partial charge in [-0.05, 0) is 42.5 Å². The Balaban J connectivity index is 1.99. The number of hydrogen-bond acceptors (Lipinski definition) is 0. The second-order valence-corrected chi connectivity index (χ2v) is 13.8. The minimum absolute atomic E-state index is 0.175. The van der Waals surface area contributed by atoms with Gasteiger partial charge in [0.05, 0.1) is 0 Å². The molecule has 0 aliphatic heterocycles. The monoisotopic (exact) mass is 454 g/mol. The lowest BCUT2D eigenvalue weighted by molar-refractivity contribution is 0.385. The molecule has 0 aliphatic carbocycles. The van der Waals surface area contributed by atoms with Gasteiger partial charge in [-0.3, -0.25) is 0 Å². The summed E-state index contributed by atoms with van der Waals surface area (Å²) in [7, 11) is -1.13. The molecule has 0 bridgehead atoms. The van der Waals surface area contributed by atoms with E-state index in [4.69, 9.17) is 0 Å². The first-order chi connectivity index (χ1) is 15.6. The van der Waals surface area contributed by atoms with E-state index in [0.717, 1.165) is 6.42 Å². The van der Waals surface area contributed by atoms with E-state index in [2.05, 4.69) is 142 Å². The Bertz CT molecular complexity index is 915. The van der Waals surface area contributed by atoms with Crippen molar-refractivity contribution in [3.8, 4) is 0 Å². The zero-order valence-electron chi connectivity index (χ0n) is 19.2. The molecule has 0 amide bonds. The lowest BCUT2D eigenvalue weighted by Crippen LogP contribution is -2.37. The molecule has 0 unspecified atom stereocenters. The van der Waals surface area contributed by atoms with Crippen LogP contribution in [0.2, 0.25) is 0 Å². The third-order valence-electron chi connectivity index (χ3n) is 6.24. The topological polar surface area (TPSA) is 0 Å². The van der Waals surface area contributed by atoms with Crippen molar-refractivity contribution in [2.24, 2.45) is 5.41 Å². The van der Waals surface area contributed by atoms with Crippen LogP contribution in [0.1, 0.15) is 27.2 Å². The van der Waals surface area contributed by atoms with Crippen molar-refractivity contribution in [3.63, 3.8) is 0 Å². The summed E-state index contributed by atoms with van der Waals surface area (Å²) in [5.41, 5.74) is 0.175. The smallest absolute Gasteiger partial charge is 0.0206 e. The van der Waals surface area contributed by atoms with E-state index in [-0.39, 0.29) is 5.41 Å². The van der Waals surface area contributed by atoms with Gasteiger partial charge in [0.15, 0.2) is 0 Å². The van der Waals surface area contributed by atoms with Gasteiger partial charge in [0, 0.05) is 5.40 Å². The summed E-state index contributed by atoms with van der Waals surface area (Å²) in [6, 6.07) is 45.0. The predicted octanol–water partition coefficient (Wildman–Crippen LogP) is 7.01. The van der Waals surface area contributed by atoms with Gasteiger partial charge in [-0.2, -0.15) is 0 Å². The van der Waals surface area contributed by atoms with E-state index >= 15 is 0 Å². The van der Waals surface area contributed by atoms with Gasteiger partial charge in [0.25, 0.3) is 0 Å². The highest BCUT2D eigenvalue weighted by molar-refractivity contribution is 7.89. The summed E-state index contributed by atoms with van der Waals surface area (Å²) >= 11 is 0. The molecule has 0 aliphatic rings. The lowest BCUT2D eigenvalue weighted by Gasteiger charge is -2.45. The molecule has 0 nitrogen and oxygen atoms in total. The molecule has 0 heterocycles. The maximum atomic E-state index is 2.49. The van der Waals surface area contributed by atoms with Crippen LogP contribution in [0.15, 0.2) is 121 Å². The minimum Gasteiger partial charge on any atom is -0.0648 e. The summed E-state index contributed by atoms with van der Waals surface area (Å²) in [5, 5.41) is 6.39. The first-order valence-electron chi connectivity index (χ1n) is 11.4. The van der Waals surface area contributed by atoms with Gasteiger partial charge in [0.2, 0.25) is 0 Å². The fraction of sp³-hybridized carbons (Fsp3) is 0.200. The van der Waals surface area contributed by atoms with Gasteiger partial charge < -0.3 is 0 Å². The van der Waals surface area contributed by atoms with Crippen molar-refractivity contribution < 1.29 is 0 Å². The third-order valence-corrected chi connectivity index (χ3v) is 13.4. The Hall–Kier alpha value is -2.26. The highest BCUT2D eigenvalue weighted by Gasteiger charge is 2.42. The molecule has 162 valence electrons. The average Bonchev–Trinajstić information content (AvgIpc) is 2.86. The molecule has 4 aromatic carbocycles. The molecule has 4 aromatic rings. The van der Waals surface area contributed by atoms with Crippen LogP contribution in [-0.2, 0) is 0 Å². The Morgan fingerprint density at radius 2 is 0.750 bits per heavy atom. The van der Waals surface area contributed by atoms with Crippen molar-refractivity contribution in [1.82, 2.24) is 0 Å². The number of benzene rings is 4. The Labute approximate surface area is 196 Å². The van der Waals surface area contributed by atoms with Crippen LogP contribution in [0.5, 0.6) is 0 Å². The molecule has 0 spiro atoms. The van der Waals surface area contributed by atoms with Crippen molar-refractivity contribution in [1.29, 1.82) is 0 Å². The van der Waals surface area contributed by atoms with Crippen molar-refractivity contribution in [2.45, 2.75) is 32.6 Å². The molecule has 0 radical (unpaired) electrons. The van der Waals surface area contributed by atoms with E-state index in [0.29, 0.717) is 5.40 Å². The molecule has 0 atom stereocenters. The molecular weight excluding hydrogens is 422 g/mol. The van der Waals surface area contributed by atoms with Crippen molar-refractivity contribution >= 4 is 37.1 Å². The Kier molecular flexibility index (Phi) is 7.57. The Morgan fingerprint density at radius 3 is 0.969 bits per heavy atom. The second-order valence-electron chi connectivity index (χ2n) is 8.80. The standard InChI is InChI=1S/C30H32P2/c1-4-30(2,3)29(31(25-17-9-5-10-18-25)26-19-11-6-12-20-26)32(27-21-13-7-14-22-27)28-23-15-8-16-24-28/h5-24,29H,4H2,1-3H3. The maximum absolute atomic E-state index is 2.49. The molecule has 2 heteroatoms. The van der Waals surface area contributed by atoms with Crippen LogP contribution in [0, 0.1) is 5.41 Å². The third kappa shape index (κ3) is 5.04. The largest absolute Gasteiger partial charge is 0.0648 e. The first-order valence-corrected chi connectivity index (χ1v) is 14.2. The van der Waals surface area contributed by atoms with Crippen LogP contribution in [0.25, 0.3) is 0 Å². The van der Waals surface area contributed by atoms with Crippen molar-refractivity contribution in [3.05, 3.63) is 121 Å². The fourth-order valence-electron chi connectivity index (χ4n) is 4.21. The molecule has 4 rings (SSSR count). The molecule has 0 saturated heterocycles. The van der Waals surface area contributed by atoms with Crippen LogP contribution in [0.3, 0.4) is 0 Å². The summed E-state index contributed by atoms with van der Waals surface area (Å²) in [6.45, 7) is 7.33. The van der Waals surface area contributed by atoms with Crippen LogP contribution >= 0.6 is 15.8 Å². The van der Waals surface area contributed by atoms with Crippen LogP contribution in [-0.4, -0.2) is 5.40 Å². The molecule has 0 saturated carbocycles. The normalized spacial score (nSPS) is 11.9. The minimum atomic E-state index is -0.566. The molecular formula is C30H32P2. The second kappa shape index (κ2) is 10.6. The van der Waals surface area contributed by atoms with Crippen molar-refractivity contribution in [2.75, 3.05) is 0 Å². The van der Waals surface area contributed by atoms with Crippen LogP contribution < -0.4 is 21.2 Å². The lowest BCUT2D eigenvalue weighted by atomic mass is 9.93. The highest BCUT2D eigenvalue weighted by Crippen LogP contribution is 2.63. The molecule has 0 N–H and O–H groups in total. The van der Waals surface area contributed by atoms with E-state index < -0.39 is 15.8 Å². The first kappa shape index (κ1) is 22.9. The number of rotatable bonds is 8. The van der Waals surface area contributed by atoms with Gasteiger partial charge in [-0.25, -0.2) is 0 Å². The van der Waals surface area contributed by atoms with Gasteiger partial charge >= 0.3 is 0 Å². The summed E-state index contributed by atoms with van der Waals surface area (Å²) < 4.78 is 0. The number of hydrogen-bond donors (Lipinski definition) is 0. The predicted molar refractivity (Wildman–Crippen MR) is 146 cm³/mol. The fourth-order valence-corrected chi connectivity index (χ4v) is 12.2. The average molecular weight is 455 g/mol. The van der Waals surface area contributed by atoms with E-state index in [9.17, 15) is 0 Å². The Morgan fingerprint density at radius 1 is 0.500 bits per heavy atom. The summed E-state index contributed by atoms with van der Waals surface area (Å²) in [5.74, 6) is 0. The maximum Gasteiger partial charge on any atom is 0.0206 e. The molecule has 32 heavy (non-hydrogen) atoms. The van der Waals surface area contributed by atoms with E-state index in [1.54, 1.807) is 0 Å². The quantitative estimate of drug-likeness (QED) is 0.251. The van der Waals surface area contributed by atoms with Crippen LogP contribution in [0.4, 0.5) is 0 Å². The summed E-state index contributed by atoms with van der Waals surface area (Å²) in [4.78, 5) is 0. The summed E-state index contributed by atoms with van der Waals surface area (Å²) in [6.07, 6.45) is 1.15. The molecule has 0 aromatic heterocycles. The SMILES string of the molecule is CCC(C)(C)C(P(c1ccccc1)c1ccccc1)P(c1ccccc1)c1ccccc1. The zero-order chi connectivity index (χ0) is 22.4. The van der Waals surface area contributed by atoms with E-state index in [1.165, 1.54) is 21.2 Å². The van der Waals surface area contributed by atoms with Gasteiger partial charge in [-0.15, -0.1) is 0 Å². The highest BCUT2D eigenvalue weighted by atomic mass is 31.2. The zero-order valence-corrected chi connectivity index (χ0v) is 21.0.